The van der Waals surface area contributed by atoms with Crippen molar-refractivity contribution in [2.45, 2.75) is 19.8 Å². The van der Waals surface area contributed by atoms with Gasteiger partial charge in [-0.25, -0.2) is 0 Å². The van der Waals surface area contributed by atoms with Crippen LogP contribution in [0.1, 0.15) is 30.9 Å². The molecule has 8 nitrogen and oxygen atoms in total. The number of carbonyl (C=O) groups excluding carboxylic acids is 1. The number of nitro benzene ring substituents is 1. The van der Waals surface area contributed by atoms with E-state index in [9.17, 15) is 25.0 Å². The van der Waals surface area contributed by atoms with Gasteiger partial charge in [-0.2, -0.15) is 5.26 Å². The number of para-hydroxylation sites is 1. The summed E-state index contributed by atoms with van der Waals surface area (Å²) in [6.07, 6.45) is 1.51. The van der Waals surface area contributed by atoms with Crippen molar-refractivity contribution in [1.82, 2.24) is 4.57 Å². The van der Waals surface area contributed by atoms with E-state index in [-0.39, 0.29) is 20.5 Å². The number of nitriles is 1. The fourth-order valence-corrected chi connectivity index (χ4v) is 4.78. The van der Waals surface area contributed by atoms with Crippen LogP contribution in [0.25, 0.3) is 17.3 Å². The highest BCUT2D eigenvalue weighted by atomic mass is 32.1. The Bertz CT molecular complexity index is 1700. The van der Waals surface area contributed by atoms with Crippen LogP contribution in [0.15, 0.2) is 83.7 Å². The number of aromatic nitrogens is 1. The number of thiazole rings is 1. The molecule has 37 heavy (non-hydrogen) atoms. The fourth-order valence-electron chi connectivity index (χ4n) is 3.68. The first-order valence-corrected chi connectivity index (χ1v) is 12.2. The van der Waals surface area contributed by atoms with Gasteiger partial charge in [0.25, 0.3) is 17.2 Å². The van der Waals surface area contributed by atoms with E-state index >= 15 is 0 Å². The van der Waals surface area contributed by atoms with Crippen molar-refractivity contribution in [3.05, 3.63) is 120 Å². The molecule has 1 N–H and O–H groups in total. The molecular formula is C28H22N4O4S. The van der Waals surface area contributed by atoms with E-state index in [1.54, 1.807) is 48.5 Å². The zero-order chi connectivity index (χ0) is 26.5. The van der Waals surface area contributed by atoms with E-state index in [1.165, 1.54) is 28.8 Å². The summed E-state index contributed by atoms with van der Waals surface area (Å²) in [5, 5.41) is 23.9. The van der Waals surface area contributed by atoms with Gasteiger partial charge in [0, 0.05) is 17.8 Å². The highest BCUT2D eigenvalue weighted by Crippen LogP contribution is 2.18. The third-order valence-electron chi connectivity index (χ3n) is 5.60. The molecule has 0 saturated heterocycles. The van der Waals surface area contributed by atoms with Gasteiger partial charge in [0.1, 0.15) is 10.7 Å². The van der Waals surface area contributed by atoms with Crippen molar-refractivity contribution in [2.24, 2.45) is 0 Å². The maximum atomic E-state index is 13.5. The first kappa shape index (κ1) is 25.3. The summed E-state index contributed by atoms with van der Waals surface area (Å²) < 4.78 is 1.70. The normalized spacial score (nSPS) is 12.2. The van der Waals surface area contributed by atoms with Crippen molar-refractivity contribution in [3.63, 3.8) is 0 Å². The van der Waals surface area contributed by atoms with Crippen LogP contribution < -0.4 is 20.1 Å². The van der Waals surface area contributed by atoms with E-state index in [4.69, 9.17) is 0 Å². The molecule has 0 atom stereocenters. The Morgan fingerprint density at radius 1 is 1.08 bits per heavy atom. The number of hydrogen-bond acceptors (Lipinski definition) is 6. The zero-order valence-electron chi connectivity index (χ0n) is 20.0. The number of nitrogens with zero attached hydrogens (tertiary/aromatic N) is 3. The van der Waals surface area contributed by atoms with Gasteiger partial charge < -0.3 is 5.32 Å². The molecule has 1 aromatic heterocycles. The van der Waals surface area contributed by atoms with Gasteiger partial charge in [-0.15, -0.1) is 11.3 Å². The lowest BCUT2D eigenvalue weighted by Gasteiger charge is -2.08. The molecule has 0 unspecified atom stereocenters. The van der Waals surface area contributed by atoms with Gasteiger partial charge >= 0.3 is 0 Å². The number of amides is 1. The predicted molar refractivity (Wildman–Crippen MR) is 144 cm³/mol. The van der Waals surface area contributed by atoms with Gasteiger partial charge in [-0.05, 0) is 47.4 Å². The van der Waals surface area contributed by atoms with Gasteiger partial charge in [-0.3, -0.25) is 24.3 Å². The Balaban J connectivity index is 1.89. The van der Waals surface area contributed by atoms with Crippen LogP contribution in [0.4, 0.5) is 11.4 Å². The predicted octanol–water partition coefficient (Wildman–Crippen LogP) is 4.07. The molecule has 9 heteroatoms. The molecule has 0 aliphatic carbocycles. The summed E-state index contributed by atoms with van der Waals surface area (Å²) in [4.78, 5) is 37.3. The minimum atomic E-state index is -0.646. The van der Waals surface area contributed by atoms with Crippen LogP contribution >= 0.6 is 11.3 Å². The molecule has 4 aromatic rings. The van der Waals surface area contributed by atoms with E-state index in [2.05, 4.69) is 19.2 Å². The summed E-state index contributed by atoms with van der Waals surface area (Å²) in [6, 6.07) is 23.9. The Kier molecular flexibility index (Phi) is 7.41. The Labute approximate surface area is 216 Å². The van der Waals surface area contributed by atoms with Crippen molar-refractivity contribution < 1.29 is 9.72 Å². The Morgan fingerprint density at radius 3 is 2.41 bits per heavy atom. The van der Waals surface area contributed by atoms with Crippen LogP contribution in [0.5, 0.6) is 0 Å². The van der Waals surface area contributed by atoms with E-state index < -0.39 is 16.4 Å². The van der Waals surface area contributed by atoms with Crippen LogP contribution in [0.3, 0.4) is 0 Å². The summed E-state index contributed by atoms with van der Waals surface area (Å²) in [7, 11) is 0. The monoisotopic (exact) mass is 510 g/mol. The van der Waals surface area contributed by atoms with Gasteiger partial charge in [-0.1, -0.05) is 56.3 Å². The molecule has 0 fully saturated rings. The summed E-state index contributed by atoms with van der Waals surface area (Å²) in [5.41, 5.74) is 1.79. The number of nitrogens with one attached hydrogen (secondary N) is 1. The average Bonchev–Trinajstić information content (AvgIpc) is 3.20. The minimum Gasteiger partial charge on any atom is -0.321 e. The van der Waals surface area contributed by atoms with Crippen molar-refractivity contribution in [2.75, 3.05) is 5.32 Å². The van der Waals surface area contributed by atoms with Gasteiger partial charge in [0.05, 0.1) is 15.1 Å². The molecular weight excluding hydrogens is 488 g/mol. The summed E-state index contributed by atoms with van der Waals surface area (Å²) in [5.74, 6) is -0.314. The molecule has 1 amide bonds. The first-order chi connectivity index (χ1) is 17.8. The fraction of sp³-hybridized carbons (Fsp3) is 0.107. The van der Waals surface area contributed by atoms with Gasteiger partial charge in [0.2, 0.25) is 0 Å². The van der Waals surface area contributed by atoms with Crippen LogP contribution in [0, 0.1) is 21.4 Å². The summed E-state index contributed by atoms with van der Waals surface area (Å²) >= 11 is 0.973. The van der Waals surface area contributed by atoms with Crippen LogP contribution in [-0.4, -0.2) is 15.4 Å². The summed E-state index contributed by atoms with van der Waals surface area (Å²) in [6.45, 7) is 4.13. The SMILES string of the molecule is CC(C)c1ccc(NC(=O)/C(C#N)=c2/s/c(=C/c3cccc([N+](=O)[O-])c3)c(=O)n2-c2ccccc2)cc1. The number of benzene rings is 3. The molecule has 184 valence electrons. The molecule has 0 radical (unpaired) electrons. The lowest BCUT2D eigenvalue weighted by molar-refractivity contribution is -0.384. The third kappa shape index (κ3) is 5.55. The maximum absolute atomic E-state index is 13.5. The Hall–Kier alpha value is -4.81. The molecule has 0 bridgehead atoms. The molecule has 4 rings (SSSR count). The lowest BCUT2D eigenvalue weighted by atomic mass is 10.0. The standard InChI is InChI=1S/C28H22N4O4S/c1-18(2)20-11-13-21(14-12-20)30-26(33)24(17-29)28-31(22-8-4-3-5-9-22)27(34)25(37-28)16-19-7-6-10-23(15-19)32(35)36/h3-16,18H,1-2H3,(H,30,33)/b25-16+,28-24+. The number of carbonyl (C=O) groups is 1. The minimum absolute atomic E-state index is 0.110. The molecule has 0 aliphatic heterocycles. The van der Waals surface area contributed by atoms with E-state index in [0.717, 1.165) is 16.9 Å². The molecule has 0 saturated carbocycles. The van der Waals surface area contributed by atoms with Crippen LogP contribution in [0.2, 0.25) is 0 Å². The average molecular weight is 511 g/mol. The highest BCUT2D eigenvalue weighted by Gasteiger charge is 2.17. The number of non-ortho nitro benzene ring substituents is 1. The number of anilines is 1. The quantitative estimate of drug-likeness (QED) is 0.310. The van der Waals surface area contributed by atoms with Crippen molar-refractivity contribution in [3.8, 4) is 11.8 Å². The third-order valence-corrected chi connectivity index (χ3v) is 6.70. The van der Waals surface area contributed by atoms with E-state index in [1.807, 2.05) is 18.2 Å². The maximum Gasteiger partial charge on any atom is 0.273 e. The van der Waals surface area contributed by atoms with Gasteiger partial charge in [0.15, 0.2) is 5.57 Å². The zero-order valence-corrected chi connectivity index (χ0v) is 20.9. The van der Waals surface area contributed by atoms with Crippen molar-refractivity contribution in [1.29, 1.82) is 5.26 Å². The van der Waals surface area contributed by atoms with Crippen molar-refractivity contribution >= 4 is 40.3 Å². The highest BCUT2D eigenvalue weighted by molar-refractivity contribution is 7.07. The largest absolute Gasteiger partial charge is 0.321 e. The number of rotatable bonds is 6. The van der Waals surface area contributed by atoms with Crippen LogP contribution in [-0.2, 0) is 4.79 Å². The molecule has 1 heterocycles. The lowest BCUT2D eigenvalue weighted by Crippen LogP contribution is -2.32. The van der Waals surface area contributed by atoms with E-state index in [0.29, 0.717) is 22.9 Å². The second-order valence-electron chi connectivity index (χ2n) is 8.46. The topological polar surface area (TPSA) is 118 Å². The second kappa shape index (κ2) is 10.8. The number of hydrogen-bond donors (Lipinski definition) is 1. The molecule has 3 aromatic carbocycles. The second-order valence-corrected chi connectivity index (χ2v) is 9.49. The molecule has 0 spiro atoms. The first-order valence-electron chi connectivity index (χ1n) is 11.4. The number of nitro groups is 1. The Morgan fingerprint density at radius 2 is 1.78 bits per heavy atom. The smallest absolute Gasteiger partial charge is 0.273 e. The molecule has 0 aliphatic rings.